The van der Waals surface area contributed by atoms with Crippen LogP contribution in [0, 0.1) is 23.0 Å². The molecular formula is C17H11ClF2N2O2. The van der Waals surface area contributed by atoms with Crippen LogP contribution in [0.5, 0.6) is 5.75 Å². The van der Waals surface area contributed by atoms with Gasteiger partial charge in [0.2, 0.25) is 0 Å². The highest BCUT2D eigenvalue weighted by Gasteiger charge is 2.14. The molecule has 0 aromatic heterocycles. The van der Waals surface area contributed by atoms with Crippen molar-refractivity contribution in [3.05, 3.63) is 64.2 Å². The van der Waals surface area contributed by atoms with E-state index < -0.39 is 28.7 Å². The molecule has 0 saturated heterocycles. The maximum atomic E-state index is 13.6. The van der Waals surface area contributed by atoms with Gasteiger partial charge in [0.25, 0.3) is 5.91 Å². The van der Waals surface area contributed by atoms with E-state index in [0.717, 1.165) is 18.2 Å². The van der Waals surface area contributed by atoms with Crippen molar-refractivity contribution in [2.75, 3.05) is 12.4 Å². The van der Waals surface area contributed by atoms with Crippen molar-refractivity contribution in [2.24, 2.45) is 0 Å². The fourth-order valence-electron chi connectivity index (χ4n) is 1.88. The SMILES string of the molecule is COc1ccc(NC(=O)/C(C#N)=C/c2c(F)cccc2F)cc1Cl. The van der Waals surface area contributed by atoms with Crippen molar-refractivity contribution in [2.45, 2.75) is 0 Å². The Hall–Kier alpha value is -2.91. The van der Waals surface area contributed by atoms with Crippen LogP contribution in [0.2, 0.25) is 5.02 Å². The molecule has 0 spiro atoms. The predicted molar refractivity (Wildman–Crippen MR) is 86.6 cm³/mol. The summed E-state index contributed by atoms with van der Waals surface area (Å²) in [7, 11) is 1.44. The Morgan fingerprint density at radius 2 is 1.96 bits per heavy atom. The zero-order valence-corrected chi connectivity index (χ0v) is 13.2. The quantitative estimate of drug-likeness (QED) is 0.666. The molecule has 0 heterocycles. The number of ether oxygens (including phenoxy) is 1. The van der Waals surface area contributed by atoms with Crippen molar-refractivity contribution in [3.8, 4) is 11.8 Å². The molecule has 1 N–H and O–H groups in total. The van der Waals surface area contributed by atoms with Crippen molar-refractivity contribution in [1.82, 2.24) is 0 Å². The summed E-state index contributed by atoms with van der Waals surface area (Å²) in [6.45, 7) is 0. The molecule has 0 aliphatic heterocycles. The number of carbonyl (C=O) groups excluding carboxylic acids is 1. The number of benzene rings is 2. The van der Waals surface area contributed by atoms with Crippen LogP contribution in [0.3, 0.4) is 0 Å². The van der Waals surface area contributed by atoms with Crippen molar-refractivity contribution in [1.29, 1.82) is 5.26 Å². The number of hydrogen-bond donors (Lipinski definition) is 1. The summed E-state index contributed by atoms with van der Waals surface area (Å²) in [6.07, 6.45) is 0.852. The average molecular weight is 349 g/mol. The molecule has 0 unspecified atom stereocenters. The van der Waals surface area contributed by atoms with Gasteiger partial charge >= 0.3 is 0 Å². The van der Waals surface area contributed by atoms with Crippen molar-refractivity contribution < 1.29 is 18.3 Å². The van der Waals surface area contributed by atoms with E-state index in [4.69, 9.17) is 21.6 Å². The summed E-state index contributed by atoms with van der Waals surface area (Å²) in [5, 5.41) is 11.8. The Labute approximate surface area is 141 Å². The number of rotatable bonds is 4. The first kappa shape index (κ1) is 17.4. The van der Waals surface area contributed by atoms with E-state index in [1.807, 2.05) is 0 Å². The minimum atomic E-state index is -0.872. The van der Waals surface area contributed by atoms with Gasteiger partial charge in [-0.1, -0.05) is 17.7 Å². The van der Waals surface area contributed by atoms with Gasteiger partial charge in [-0.15, -0.1) is 0 Å². The van der Waals surface area contributed by atoms with E-state index in [1.165, 1.54) is 31.4 Å². The van der Waals surface area contributed by atoms with Crippen molar-refractivity contribution >= 4 is 29.3 Å². The standard InChI is InChI=1S/C17H11ClF2N2O2/c1-24-16-6-5-11(8-13(16)18)22-17(23)10(9-21)7-12-14(19)3-2-4-15(12)20/h2-8H,1H3,(H,22,23)/b10-7+. The van der Waals surface area contributed by atoms with Crippen LogP contribution in [0.25, 0.3) is 6.08 Å². The van der Waals surface area contributed by atoms with Crippen LogP contribution in [-0.4, -0.2) is 13.0 Å². The van der Waals surface area contributed by atoms with Gasteiger partial charge in [-0.3, -0.25) is 4.79 Å². The lowest BCUT2D eigenvalue weighted by Crippen LogP contribution is -2.13. The smallest absolute Gasteiger partial charge is 0.266 e. The second-order valence-corrected chi connectivity index (χ2v) is 5.02. The Morgan fingerprint density at radius 3 is 2.50 bits per heavy atom. The first-order valence-corrected chi connectivity index (χ1v) is 7.04. The van der Waals surface area contributed by atoms with E-state index >= 15 is 0 Å². The molecule has 0 radical (unpaired) electrons. The molecule has 1 amide bonds. The van der Waals surface area contributed by atoms with Crippen LogP contribution in [-0.2, 0) is 4.79 Å². The van der Waals surface area contributed by atoms with E-state index in [1.54, 1.807) is 6.07 Å². The number of halogens is 3. The molecule has 7 heteroatoms. The lowest BCUT2D eigenvalue weighted by molar-refractivity contribution is -0.112. The van der Waals surface area contributed by atoms with Crippen LogP contribution in [0.4, 0.5) is 14.5 Å². The lowest BCUT2D eigenvalue weighted by Gasteiger charge is -2.08. The van der Waals surface area contributed by atoms with Gasteiger partial charge in [0.1, 0.15) is 29.0 Å². The minimum absolute atomic E-state index is 0.262. The van der Waals surface area contributed by atoms with Gasteiger partial charge in [-0.25, -0.2) is 8.78 Å². The maximum absolute atomic E-state index is 13.6. The van der Waals surface area contributed by atoms with E-state index in [2.05, 4.69) is 5.32 Å². The Balaban J connectivity index is 2.28. The molecule has 0 bridgehead atoms. The second kappa shape index (κ2) is 7.57. The highest BCUT2D eigenvalue weighted by atomic mass is 35.5. The van der Waals surface area contributed by atoms with E-state index in [9.17, 15) is 13.6 Å². The molecule has 0 atom stereocenters. The summed E-state index contributed by atoms with van der Waals surface area (Å²) >= 11 is 5.94. The minimum Gasteiger partial charge on any atom is -0.495 e. The van der Waals surface area contributed by atoms with E-state index in [0.29, 0.717) is 11.4 Å². The summed E-state index contributed by atoms with van der Waals surface area (Å²) in [6, 6.07) is 9.35. The topological polar surface area (TPSA) is 62.1 Å². The summed E-state index contributed by atoms with van der Waals surface area (Å²) < 4.78 is 32.2. The third kappa shape index (κ3) is 3.89. The first-order valence-electron chi connectivity index (χ1n) is 6.67. The third-order valence-electron chi connectivity index (χ3n) is 3.06. The molecule has 0 aliphatic carbocycles. The van der Waals surface area contributed by atoms with Gasteiger partial charge < -0.3 is 10.1 Å². The predicted octanol–water partition coefficient (Wildman–Crippen LogP) is 4.17. The molecule has 4 nitrogen and oxygen atoms in total. The number of hydrogen-bond acceptors (Lipinski definition) is 3. The number of methoxy groups -OCH3 is 1. The average Bonchev–Trinajstić information content (AvgIpc) is 2.54. The van der Waals surface area contributed by atoms with Crippen LogP contribution in [0.1, 0.15) is 5.56 Å². The Kier molecular flexibility index (Phi) is 5.51. The number of nitriles is 1. The lowest BCUT2D eigenvalue weighted by atomic mass is 10.1. The normalized spacial score (nSPS) is 10.9. The molecule has 122 valence electrons. The molecule has 2 rings (SSSR count). The van der Waals surface area contributed by atoms with Crippen LogP contribution >= 0.6 is 11.6 Å². The first-order chi connectivity index (χ1) is 11.5. The summed E-state index contributed by atoms with van der Waals surface area (Å²) in [5.74, 6) is -2.15. The molecule has 2 aromatic carbocycles. The van der Waals surface area contributed by atoms with Crippen molar-refractivity contribution in [3.63, 3.8) is 0 Å². The highest BCUT2D eigenvalue weighted by molar-refractivity contribution is 6.32. The fraction of sp³-hybridized carbons (Fsp3) is 0.0588. The molecule has 0 fully saturated rings. The summed E-state index contributed by atoms with van der Waals surface area (Å²) in [4.78, 5) is 12.1. The van der Waals surface area contributed by atoms with Gasteiger partial charge in [-0.05, 0) is 36.4 Å². The molecule has 24 heavy (non-hydrogen) atoms. The Bertz CT molecular complexity index is 840. The zero-order valence-electron chi connectivity index (χ0n) is 12.4. The highest BCUT2D eigenvalue weighted by Crippen LogP contribution is 2.27. The molecule has 2 aromatic rings. The van der Waals surface area contributed by atoms with Gasteiger partial charge in [-0.2, -0.15) is 5.26 Å². The van der Waals surface area contributed by atoms with Crippen LogP contribution in [0.15, 0.2) is 42.0 Å². The third-order valence-corrected chi connectivity index (χ3v) is 3.36. The summed E-state index contributed by atoms with van der Waals surface area (Å²) in [5.41, 5.74) is -0.608. The van der Waals surface area contributed by atoms with Gasteiger partial charge in [0.15, 0.2) is 0 Å². The number of nitrogens with one attached hydrogen (secondary N) is 1. The number of carbonyl (C=O) groups is 1. The monoisotopic (exact) mass is 348 g/mol. The van der Waals surface area contributed by atoms with Crippen LogP contribution < -0.4 is 10.1 Å². The van der Waals surface area contributed by atoms with Gasteiger partial charge in [0.05, 0.1) is 12.1 Å². The maximum Gasteiger partial charge on any atom is 0.266 e. The fourth-order valence-corrected chi connectivity index (χ4v) is 2.14. The second-order valence-electron chi connectivity index (χ2n) is 4.61. The van der Waals surface area contributed by atoms with Gasteiger partial charge in [0, 0.05) is 11.3 Å². The number of nitrogens with zero attached hydrogens (tertiary/aromatic N) is 1. The number of anilines is 1. The molecule has 0 aliphatic rings. The Morgan fingerprint density at radius 1 is 1.29 bits per heavy atom. The molecule has 0 saturated carbocycles. The zero-order chi connectivity index (χ0) is 17.7. The largest absolute Gasteiger partial charge is 0.495 e. The van der Waals surface area contributed by atoms with E-state index in [-0.39, 0.29) is 5.02 Å². The molecular weight excluding hydrogens is 338 g/mol. The number of amides is 1.